The van der Waals surface area contributed by atoms with Crippen molar-refractivity contribution in [3.8, 4) is 0 Å². The van der Waals surface area contributed by atoms with E-state index in [1.54, 1.807) is 12.1 Å². The molecule has 7 nitrogen and oxygen atoms in total. The number of amides is 2. The van der Waals surface area contributed by atoms with E-state index in [1.807, 2.05) is 6.07 Å². The molecule has 1 aliphatic carbocycles. The average molecular weight is 444 g/mol. The second kappa shape index (κ2) is 8.64. The first kappa shape index (κ1) is 21.1. The summed E-state index contributed by atoms with van der Waals surface area (Å²) in [5.74, 6) is -0.0166. The fourth-order valence-corrected chi connectivity index (χ4v) is 6.06. The van der Waals surface area contributed by atoms with Gasteiger partial charge in [0.05, 0.1) is 16.7 Å². The Morgan fingerprint density at radius 2 is 1.84 bits per heavy atom. The van der Waals surface area contributed by atoms with Crippen molar-refractivity contribution in [3.05, 3.63) is 23.3 Å². The first-order valence-electron chi connectivity index (χ1n) is 11.7. The molecule has 0 aromatic heterocycles. The van der Waals surface area contributed by atoms with Gasteiger partial charge in [-0.1, -0.05) is 12.8 Å². The summed E-state index contributed by atoms with van der Waals surface area (Å²) in [6.45, 7) is 4.15. The molecule has 4 aliphatic rings. The van der Waals surface area contributed by atoms with Crippen LogP contribution in [0.15, 0.2) is 12.1 Å². The lowest BCUT2D eigenvalue weighted by atomic mass is 9.65. The number of carbonyl (C=O) groups excluding carboxylic acids is 2. The van der Waals surface area contributed by atoms with E-state index in [2.05, 4.69) is 37.7 Å². The van der Waals surface area contributed by atoms with Gasteiger partial charge in [0, 0.05) is 37.0 Å². The number of carbonyl (C=O) groups is 2. The largest absolute Gasteiger partial charge is 0.349 e. The summed E-state index contributed by atoms with van der Waals surface area (Å²) in [7, 11) is 2.12. The Balaban J connectivity index is 1.39. The number of fused-ring (bicyclic) bond motifs is 2. The minimum absolute atomic E-state index is 0.0583. The van der Waals surface area contributed by atoms with Crippen LogP contribution in [0.3, 0.4) is 0 Å². The lowest BCUT2D eigenvalue weighted by molar-refractivity contribution is -0.123. The fourth-order valence-electron chi connectivity index (χ4n) is 5.26. The maximum atomic E-state index is 13.3. The van der Waals surface area contributed by atoms with Crippen molar-refractivity contribution in [1.82, 2.24) is 14.5 Å². The smallest absolute Gasteiger partial charge is 0.253 e. The molecule has 2 saturated heterocycles. The van der Waals surface area contributed by atoms with Crippen molar-refractivity contribution >= 4 is 35.3 Å². The van der Waals surface area contributed by atoms with Crippen LogP contribution in [0.1, 0.15) is 67.3 Å². The monoisotopic (exact) mass is 443 g/mol. The zero-order chi connectivity index (χ0) is 21.4. The summed E-state index contributed by atoms with van der Waals surface area (Å²) >= 11 is 1.62. The van der Waals surface area contributed by atoms with Crippen LogP contribution in [0, 0.1) is 0 Å². The Morgan fingerprint density at radius 1 is 1.10 bits per heavy atom. The van der Waals surface area contributed by atoms with Gasteiger partial charge in [0.15, 0.2) is 0 Å². The normalized spacial score (nSPS) is 23.8. The van der Waals surface area contributed by atoms with Gasteiger partial charge in [0.25, 0.3) is 5.91 Å². The van der Waals surface area contributed by atoms with Crippen LogP contribution in [0.2, 0.25) is 0 Å². The van der Waals surface area contributed by atoms with Crippen molar-refractivity contribution in [2.75, 3.05) is 43.3 Å². The Morgan fingerprint density at radius 3 is 2.52 bits per heavy atom. The van der Waals surface area contributed by atoms with Crippen LogP contribution < -0.4 is 15.4 Å². The predicted molar refractivity (Wildman–Crippen MR) is 125 cm³/mol. The van der Waals surface area contributed by atoms with Gasteiger partial charge in [0.1, 0.15) is 0 Å². The zero-order valence-corrected chi connectivity index (χ0v) is 19.2. The van der Waals surface area contributed by atoms with Crippen molar-refractivity contribution < 1.29 is 9.59 Å². The number of likely N-dealkylation sites (tertiary alicyclic amines) is 1. The Hall–Kier alpha value is -1.77. The molecule has 1 aromatic rings. The van der Waals surface area contributed by atoms with Gasteiger partial charge in [-0.05, 0) is 76.4 Å². The molecule has 1 aromatic carbocycles. The molecule has 3 heterocycles. The van der Waals surface area contributed by atoms with Gasteiger partial charge >= 0.3 is 0 Å². The number of nitrogens with one attached hydrogen (secondary N) is 3. The summed E-state index contributed by atoms with van der Waals surface area (Å²) in [6.07, 6.45) is 8.47. The first-order chi connectivity index (χ1) is 15.0. The highest BCUT2D eigenvalue weighted by Crippen LogP contribution is 2.53. The maximum absolute atomic E-state index is 13.3. The number of hydrogen-bond acceptors (Lipinski definition) is 6. The minimum Gasteiger partial charge on any atom is -0.349 e. The molecule has 5 rings (SSSR count). The first-order valence-corrected chi connectivity index (χ1v) is 12.5. The number of hydrogen-bond donors (Lipinski definition) is 3. The summed E-state index contributed by atoms with van der Waals surface area (Å²) in [4.78, 5) is 28.5. The SMILES string of the molecule is CN1CCC(NC(=O)c2cc(NSN3CCCCC3)cc3c2NC(=O)C32CCC2)CC1. The second-order valence-corrected chi connectivity index (χ2v) is 10.5. The van der Waals surface area contributed by atoms with E-state index in [0.717, 1.165) is 75.2 Å². The minimum atomic E-state index is -0.439. The molecule has 0 bridgehead atoms. The number of rotatable bonds is 5. The Labute approximate surface area is 188 Å². The van der Waals surface area contributed by atoms with E-state index in [0.29, 0.717) is 5.56 Å². The molecule has 0 unspecified atom stereocenters. The quantitative estimate of drug-likeness (QED) is 0.606. The highest BCUT2D eigenvalue weighted by atomic mass is 32.2. The molecule has 3 aliphatic heterocycles. The van der Waals surface area contributed by atoms with E-state index >= 15 is 0 Å². The van der Waals surface area contributed by atoms with Gasteiger partial charge in [-0.3, -0.25) is 9.59 Å². The number of benzene rings is 1. The summed E-state index contributed by atoms with van der Waals surface area (Å²) in [5.41, 5.74) is 2.79. The van der Waals surface area contributed by atoms with Crippen molar-refractivity contribution in [2.45, 2.75) is 62.8 Å². The van der Waals surface area contributed by atoms with Crippen LogP contribution in [0.25, 0.3) is 0 Å². The molecule has 8 heteroatoms. The van der Waals surface area contributed by atoms with Crippen molar-refractivity contribution in [1.29, 1.82) is 0 Å². The Kier molecular flexibility index (Phi) is 5.88. The van der Waals surface area contributed by atoms with E-state index in [-0.39, 0.29) is 17.9 Å². The fraction of sp³-hybridized carbons (Fsp3) is 0.652. The van der Waals surface area contributed by atoms with Gasteiger partial charge < -0.3 is 20.3 Å². The Bertz CT molecular complexity index is 858. The summed E-state index contributed by atoms with van der Waals surface area (Å²) in [6, 6.07) is 4.20. The van der Waals surface area contributed by atoms with Crippen molar-refractivity contribution in [3.63, 3.8) is 0 Å². The van der Waals surface area contributed by atoms with Crippen LogP contribution in [-0.2, 0) is 10.2 Å². The third-order valence-electron chi connectivity index (χ3n) is 7.44. The van der Waals surface area contributed by atoms with E-state index in [4.69, 9.17) is 0 Å². The molecule has 31 heavy (non-hydrogen) atoms. The van der Waals surface area contributed by atoms with Crippen LogP contribution in [0.4, 0.5) is 11.4 Å². The molecular formula is C23H33N5O2S. The summed E-state index contributed by atoms with van der Waals surface area (Å²) < 4.78 is 5.81. The number of piperidine rings is 2. The topological polar surface area (TPSA) is 76.7 Å². The molecule has 1 spiro atoms. The number of anilines is 2. The highest BCUT2D eigenvalue weighted by Gasteiger charge is 2.52. The second-order valence-electron chi connectivity index (χ2n) is 9.57. The van der Waals surface area contributed by atoms with E-state index in [9.17, 15) is 9.59 Å². The maximum Gasteiger partial charge on any atom is 0.253 e. The molecule has 168 valence electrons. The van der Waals surface area contributed by atoms with E-state index in [1.165, 1.54) is 19.3 Å². The zero-order valence-electron chi connectivity index (χ0n) is 18.3. The van der Waals surface area contributed by atoms with Crippen LogP contribution in [0.5, 0.6) is 0 Å². The van der Waals surface area contributed by atoms with Crippen LogP contribution >= 0.6 is 12.1 Å². The molecule has 2 amide bonds. The van der Waals surface area contributed by atoms with Gasteiger partial charge in [-0.2, -0.15) is 0 Å². The third-order valence-corrected chi connectivity index (χ3v) is 8.39. The molecular weight excluding hydrogens is 410 g/mol. The lowest BCUT2D eigenvalue weighted by Gasteiger charge is -2.36. The van der Waals surface area contributed by atoms with Crippen LogP contribution in [-0.4, -0.2) is 60.3 Å². The van der Waals surface area contributed by atoms with Crippen molar-refractivity contribution in [2.24, 2.45) is 0 Å². The molecule has 0 atom stereocenters. The van der Waals surface area contributed by atoms with Gasteiger partial charge in [0.2, 0.25) is 5.91 Å². The molecule has 1 saturated carbocycles. The van der Waals surface area contributed by atoms with Gasteiger partial charge in [-0.15, -0.1) is 0 Å². The highest BCUT2D eigenvalue weighted by molar-refractivity contribution is 7.98. The lowest BCUT2D eigenvalue weighted by Crippen LogP contribution is -2.43. The molecule has 0 radical (unpaired) electrons. The predicted octanol–water partition coefficient (Wildman–Crippen LogP) is 3.35. The third kappa shape index (κ3) is 4.05. The molecule has 3 fully saturated rings. The average Bonchev–Trinajstić information content (AvgIpc) is 3.06. The van der Waals surface area contributed by atoms with E-state index < -0.39 is 5.41 Å². The number of nitrogens with zero attached hydrogens (tertiary/aromatic N) is 2. The molecule has 3 N–H and O–H groups in total. The standard InChI is InChI=1S/C23H33N5O2S/c1-27-12-6-16(7-13-27)24-21(29)18-14-17(26-31-28-10-3-2-4-11-28)15-19-20(18)25-22(30)23(19)8-5-9-23/h14-16,26H,2-13H2,1H3,(H,24,29)(H,25,30). The summed E-state index contributed by atoms with van der Waals surface area (Å²) in [5, 5.41) is 6.30. The van der Waals surface area contributed by atoms with Gasteiger partial charge in [-0.25, -0.2) is 4.31 Å².